The Morgan fingerprint density at radius 2 is 1.72 bits per heavy atom. The zero-order valence-electron chi connectivity index (χ0n) is 21.1. The number of aryl methyl sites for hydroxylation is 1. The van der Waals surface area contributed by atoms with Crippen molar-refractivity contribution in [1.82, 2.24) is 0 Å². The van der Waals surface area contributed by atoms with Gasteiger partial charge >= 0.3 is 5.97 Å². The lowest BCUT2D eigenvalue weighted by Gasteiger charge is -2.40. The van der Waals surface area contributed by atoms with Crippen molar-refractivity contribution in [2.75, 3.05) is 6.61 Å². The number of phenolic OH excluding ortho intramolecular Hbond substituents is 2. The number of rotatable bonds is 7. The van der Waals surface area contributed by atoms with Gasteiger partial charge < -0.3 is 39.4 Å². The third-order valence-corrected chi connectivity index (χ3v) is 6.38. The van der Waals surface area contributed by atoms with Gasteiger partial charge in [-0.3, -0.25) is 9.59 Å². The van der Waals surface area contributed by atoms with Crippen molar-refractivity contribution in [3.05, 3.63) is 75.1 Å². The van der Waals surface area contributed by atoms with Crippen molar-refractivity contribution in [3.63, 3.8) is 0 Å². The summed E-state index contributed by atoms with van der Waals surface area (Å²) in [7, 11) is 0. The topological polar surface area (TPSA) is 184 Å². The number of ether oxygens (including phenoxy) is 2. The van der Waals surface area contributed by atoms with Crippen LogP contribution >= 0.6 is 0 Å². The van der Waals surface area contributed by atoms with Crippen molar-refractivity contribution in [2.45, 2.75) is 50.8 Å². The maximum absolute atomic E-state index is 12.8. The number of phenols is 2. The van der Waals surface area contributed by atoms with Gasteiger partial charge in [0.05, 0.1) is 17.4 Å². The summed E-state index contributed by atoms with van der Waals surface area (Å²) in [5.74, 6) is -1.38. The van der Waals surface area contributed by atoms with Crippen LogP contribution in [0.15, 0.2) is 51.7 Å². The third-order valence-electron chi connectivity index (χ3n) is 6.38. The fourth-order valence-corrected chi connectivity index (χ4v) is 4.47. The van der Waals surface area contributed by atoms with Crippen molar-refractivity contribution in [1.29, 1.82) is 0 Å². The number of carbonyl (C=O) groups excluding carboxylic acids is 2. The Morgan fingerprint density at radius 3 is 2.38 bits per heavy atom. The van der Waals surface area contributed by atoms with Crippen LogP contribution in [0.4, 0.5) is 0 Å². The number of hydrogen-bond donors (Lipinski definition) is 5. The Balaban J connectivity index is 1.62. The number of ketones is 1. The summed E-state index contributed by atoms with van der Waals surface area (Å²) in [6, 6.07) is 8.49. The van der Waals surface area contributed by atoms with Crippen molar-refractivity contribution in [2.24, 2.45) is 0 Å². The average molecular weight is 541 g/mol. The Kier molecular flexibility index (Phi) is 8.17. The summed E-state index contributed by atoms with van der Waals surface area (Å²) >= 11 is 0. The van der Waals surface area contributed by atoms with Crippen LogP contribution in [0.3, 0.4) is 0 Å². The van der Waals surface area contributed by atoms with Crippen LogP contribution < -0.4 is 5.43 Å². The quantitative estimate of drug-likeness (QED) is 0.216. The van der Waals surface area contributed by atoms with Gasteiger partial charge in [-0.25, -0.2) is 4.79 Å². The van der Waals surface area contributed by atoms with Crippen LogP contribution in [0.25, 0.3) is 17.0 Å². The highest BCUT2D eigenvalue weighted by Gasteiger charge is 2.46. The Hall–Kier alpha value is -4.03. The van der Waals surface area contributed by atoms with E-state index in [0.29, 0.717) is 11.1 Å². The van der Waals surface area contributed by atoms with E-state index in [-0.39, 0.29) is 40.2 Å². The minimum absolute atomic E-state index is 0.0306. The molecule has 5 atom stereocenters. The van der Waals surface area contributed by atoms with Crippen LogP contribution in [0, 0.1) is 6.92 Å². The minimum atomic E-state index is -1.78. The first-order valence-electron chi connectivity index (χ1n) is 12.1. The number of carbonyl (C=O) groups is 2. The summed E-state index contributed by atoms with van der Waals surface area (Å²) < 4.78 is 16.8. The molecule has 1 aliphatic heterocycles. The summed E-state index contributed by atoms with van der Waals surface area (Å²) in [4.78, 5) is 36.7. The fourth-order valence-electron chi connectivity index (χ4n) is 4.47. The smallest absolute Gasteiger partial charge is 0.330 e. The summed E-state index contributed by atoms with van der Waals surface area (Å²) in [5, 5.41) is 52.0. The number of Topliss-reactive ketones (excluding diaryl/α,β-unsaturated/α-hetero) is 1. The van der Waals surface area contributed by atoms with Crippen LogP contribution in [-0.2, 0) is 25.5 Å². The molecule has 5 unspecified atom stereocenters. The lowest BCUT2D eigenvalue weighted by molar-refractivity contribution is -0.234. The molecule has 1 aromatic heterocycles. The lowest BCUT2D eigenvalue weighted by Crippen LogP contribution is -2.55. The number of esters is 1. The molecule has 206 valence electrons. The highest BCUT2D eigenvalue weighted by molar-refractivity contribution is 5.87. The maximum atomic E-state index is 12.8. The largest absolute Gasteiger partial charge is 0.508 e. The fraction of sp³-hybridized carbons (Fsp3) is 0.321. The first kappa shape index (κ1) is 28.0. The number of benzene rings is 2. The lowest BCUT2D eigenvalue weighted by atomic mass is 9.89. The molecule has 1 aliphatic rings. The number of aromatic hydroxyl groups is 2. The molecular weight excluding hydrogens is 512 g/mol. The van der Waals surface area contributed by atoms with E-state index in [2.05, 4.69) is 0 Å². The van der Waals surface area contributed by atoms with Crippen LogP contribution in [0.1, 0.15) is 35.5 Å². The van der Waals surface area contributed by atoms with E-state index in [1.54, 1.807) is 19.1 Å². The Bertz CT molecular complexity index is 1470. The molecule has 39 heavy (non-hydrogen) atoms. The zero-order chi connectivity index (χ0) is 28.4. The number of hydrogen-bond acceptors (Lipinski definition) is 11. The van der Waals surface area contributed by atoms with Crippen LogP contribution in [0.5, 0.6) is 11.5 Å². The van der Waals surface area contributed by atoms with Gasteiger partial charge in [0.2, 0.25) is 0 Å². The first-order valence-corrected chi connectivity index (χ1v) is 12.1. The molecule has 3 aromatic rings. The van der Waals surface area contributed by atoms with E-state index < -0.39 is 54.3 Å². The molecule has 2 aromatic carbocycles. The second kappa shape index (κ2) is 11.4. The molecule has 0 spiro atoms. The molecule has 5 N–H and O–H groups in total. The second-order valence-electron chi connectivity index (χ2n) is 9.41. The van der Waals surface area contributed by atoms with E-state index in [9.17, 15) is 39.9 Å². The Labute approximate surface area is 222 Å². The molecule has 0 aliphatic carbocycles. The SMILES string of the molecule is CC(=O)Cc1cc(=O)c2c(C)cc(O)c(C3OC(COC(=O)C=Cc4ccc(O)cc4)C(O)C(O)C3O)c2o1. The van der Waals surface area contributed by atoms with E-state index >= 15 is 0 Å². The van der Waals surface area contributed by atoms with Gasteiger partial charge in [0.15, 0.2) is 5.43 Å². The predicted octanol–water partition coefficient (Wildman–Crippen LogP) is 1.42. The van der Waals surface area contributed by atoms with Gasteiger partial charge in [-0.15, -0.1) is 0 Å². The highest BCUT2D eigenvalue weighted by Crippen LogP contribution is 2.41. The monoisotopic (exact) mass is 540 g/mol. The van der Waals surface area contributed by atoms with Crippen LogP contribution in [0.2, 0.25) is 0 Å². The number of aliphatic hydroxyl groups excluding tert-OH is 3. The van der Waals surface area contributed by atoms with Crippen molar-refractivity contribution < 1.29 is 49.0 Å². The van der Waals surface area contributed by atoms with Gasteiger partial charge in [-0.1, -0.05) is 12.1 Å². The second-order valence-corrected chi connectivity index (χ2v) is 9.41. The highest BCUT2D eigenvalue weighted by atomic mass is 16.6. The third kappa shape index (κ3) is 6.02. The number of aliphatic hydroxyl groups is 3. The average Bonchev–Trinajstić information content (AvgIpc) is 2.86. The predicted molar refractivity (Wildman–Crippen MR) is 137 cm³/mol. The van der Waals surface area contributed by atoms with Crippen molar-refractivity contribution >= 4 is 28.8 Å². The molecule has 1 fully saturated rings. The standard InChI is InChI=1S/C28H28O11/c1-13-9-18(31)23(27-22(13)19(32)11-17(38-27)10-14(2)29)28-26(36)25(35)24(34)20(39-28)12-37-21(33)8-5-15-3-6-16(30)7-4-15/h3-9,11,20,24-26,28,30-31,34-36H,10,12H2,1-2H3. The van der Waals surface area contributed by atoms with E-state index in [1.807, 2.05) is 0 Å². The van der Waals surface area contributed by atoms with E-state index in [1.165, 1.54) is 37.3 Å². The normalized spacial score (nSPS) is 23.3. The molecule has 2 heterocycles. The van der Waals surface area contributed by atoms with E-state index in [4.69, 9.17) is 13.9 Å². The summed E-state index contributed by atoms with van der Waals surface area (Å²) in [6.45, 7) is 2.36. The molecular formula is C28H28O11. The molecule has 11 heteroatoms. The van der Waals surface area contributed by atoms with Gasteiger partial charge in [0.1, 0.15) is 65.8 Å². The van der Waals surface area contributed by atoms with Gasteiger partial charge in [0.25, 0.3) is 0 Å². The number of fused-ring (bicyclic) bond motifs is 1. The van der Waals surface area contributed by atoms with Gasteiger partial charge in [-0.05, 0) is 49.2 Å². The molecule has 1 saturated heterocycles. The molecule has 11 nitrogen and oxygen atoms in total. The maximum Gasteiger partial charge on any atom is 0.330 e. The minimum Gasteiger partial charge on any atom is -0.508 e. The summed E-state index contributed by atoms with van der Waals surface area (Å²) in [6.07, 6.45) is -5.66. The molecule has 0 radical (unpaired) electrons. The van der Waals surface area contributed by atoms with E-state index in [0.717, 1.165) is 6.08 Å². The van der Waals surface area contributed by atoms with Crippen molar-refractivity contribution in [3.8, 4) is 11.5 Å². The molecule has 0 amide bonds. The van der Waals surface area contributed by atoms with Crippen LogP contribution in [-0.4, -0.2) is 68.3 Å². The first-order chi connectivity index (χ1) is 18.5. The summed E-state index contributed by atoms with van der Waals surface area (Å²) in [5.41, 5.74) is 0.190. The molecule has 0 saturated carbocycles. The van der Waals surface area contributed by atoms with Gasteiger partial charge in [0, 0.05) is 12.1 Å². The van der Waals surface area contributed by atoms with Gasteiger partial charge in [-0.2, -0.15) is 0 Å². The molecule has 4 rings (SSSR count). The zero-order valence-corrected chi connectivity index (χ0v) is 21.1. The Morgan fingerprint density at radius 1 is 1.03 bits per heavy atom. The molecule has 0 bridgehead atoms.